The molecule has 6 nitrogen and oxygen atoms in total. The molecule has 0 aromatic heterocycles. The van der Waals surface area contributed by atoms with E-state index in [0.717, 1.165) is 128 Å². The Morgan fingerprint density at radius 2 is 0.506 bits per heavy atom. The van der Waals surface area contributed by atoms with Gasteiger partial charge in [-0.15, -0.1) is 0 Å². The molecule has 0 aromatic rings. The standard InChI is InChI=1S/C75H120O6/c1-4-7-10-13-16-19-22-25-28-31-34-35-36-37-38-39-42-44-47-50-53-56-59-62-65-68-74(77)80-71-72(81-75(78)69-66-63-60-57-54-51-48-45-41-33-30-27-24-21-18-15-12-9-6-3)70-79-73(76)67-64-61-58-55-52-49-46-43-40-32-29-26-23-20-17-14-11-8-5-2/h7,9-10,12,16,18-19,21,25-30,34-35,37-38,41-42,44-45,51,54,60,63,72H,4-6,8,11,13-15,17,20,22-24,31-33,36,39-40,43,46-50,52-53,55-59,61-62,64-71H2,1-3H3/b10-7-,12-9-,19-16-,21-18-,28-25-,29-26-,30-27-,35-34-,38-37-,44-42-,45-41-,54-51-,63-60-. The number of rotatable bonds is 58. The highest BCUT2D eigenvalue weighted by atomic mass is 16.6. The van der Waals surface area contributed by atoms with E-state index in [2.05, 4.69) is 173 Å². The molecule has 0 aliphatic carbocycles. The summed E-state index contributed by atoms with van der Waals surface area (Å²) in [6.07, 6.45) is 98.3. The molecule has 0 saturated heterocycles. The Morgan fingerprint density at radius 1 is 0.259 bits per heavy atom. The summed E-state index contributed by atoms with van der Waals surface area (Å²) in [6, 6.07) is 0. The zero-order chi connectivity index (χ0) is 58.5. The summed E-state index contributed by atoms with van der Waals surface area (Å²) in [5.41, 5.74) is 0. The zero-order valence-electron chi connectivity index (χ0n) is 52.2. The molecular weight excluding hydrogens is 997 g/mol. The molecule has 0 aliphatic heterocycles. The van der Waals surface area contributed by atoms with Crippen molar-refractivity contribution in [3.8, 4) is 0 Å². The SMILES string of the molecule is CC/C=C\C/C=C\C/C=C\C/C=C\C/C=C\C/C=C\CCCCCCCCC(=O)OCC(COC(=O)CCCCCCCCCCC/C=C\CCCCCCCC)OC(=O)CC/C=C\C/C=C\C/C=C\C/C=C\C/C=C\C/C=C\CC. The van der Waals surface area contributed by atoms with Gasteiger partial charge in [-0.2, -0.15) is 0 Å². The van der Waals surface area contributed by atoms with Crippen LogP contribution in [0.15, 0.2) is 158 Å². The Balaban J connectivity index is 4.53. The van der Waals surface area contributed by atoms with Crippen molar-refractivity contribution in [2.24, 2.45) is 0 Å². The van der Waals surface area contributed by atoms with Gasteiger partial charge in [0.25, 0.3) is 0 Å². The molecule has 456 valence electrons. The van der Waals surface area contributed by atoms with Crippen LogP contribution in [-0.2, 0) is 28.6 Å². The molecule has 0 heterocycles. The highest BCUT2D eigenvalue weighted by Gasteiger charge is 2.19. The van der Waals surface area contributed by atoms with Crippen molar-refractivity contribution in [3.63, 3.8) is 0 Å². The van der Waals surface area contributed by atoms with Gasteiger partial charge in [0.15, 0.2) is 6.10 Å². The quantitative estimate of drug-likeness (QED) is 0.0261. The van der Waals surface area contributed by atoms with Crippen molar-refractivity contribution in [3.05, 3.63) is 158 Å². The van der Waals surface area contributed by atoms with Gasteiger partial charge in [0, 0.05) is 19.3 Å². The van der Waals surface area contributed by atoms with Crippen LogP contribution in [-0.4, -0.2) is 37.2 Å². The Hall–Kier alpha value is -4.97. The van der Waals surface area contributed by atoms with Crippen LogP contribution in [0.25, 0.3) is 0 Å². The number of esters is 3. The second-order valence-corrected chi connectivity index (χ2v) is 21.3. The van der Waals surface area contributed by atoms with Crippen LogP contribution >= 0.6 is 0 Å². The molecule has 0 bridgehead atoms. The van der Waals surface area contributed by atoms with Crippen LogP contribution in [0.1, 0.15) is 278 Å². The van der Waals surface area contributed by atoms with Crippen molar-refractivity contribution in [2.75, 3.05) is 13.2 Å². The first-order valence-corrected chi connectivity index (χ1v) is 33.0. The molecule has 1 unspecified atom stereocenters. The van der Waals surface area contributed by atoms with Gasteiger partial charge < -0.3 is 14.2 Å². The maximum absolute atomic E-state index is 12.9. The number of hydrogen-bond donors (Lipinski definition) is 0. The van der Waals surface area contributed by atoms with Crippen LogP contribution in [0, 0.1) is 0 Å². The van der Waals surface area contributed by atoms with Crippen LogP contribution in [0.5, 0.6) is 0 Å². The topological polar surface area (TPSA) is 78.9 Å². The summed E-state index contributed by atoms with van der Waals surface area (Å²) < 4.78 is 16.9. The minimum atomic E-state index is -0.835. The lowest BCUT2D eigenvalue weighted by molar-refractivity contribution is -0.166. The molecular formula is C75H120O6. The molecule has 0 saturated carbocycles. The molecule has 0 aromatic carbocycles. The molecule has 0 aliphatic rings. The van der Waals surface area contributed by atoms with Gasteiger partial charge in [-0.1, -0.05) is 281 Å². The first-order chi connectivity index (χ1) is 40.0. The molecule has 0 N–H and O–H groups in total. The Labute approximate surface area is 499 Å². The van der Waals surface area contributed by atoms with E-state index in [1.54, 1.807) is 0 Å². The molecule has 81 heavy (non-hydrogen) atoms. The Kier molecular flexibility index (Phi) is 63.4. The fourth-order valence-electron chi connectivity index (χ4n) is 8.64. The molecule has 0 rings (SSSR count). The molecule has 0 spiro atoms. The minimum Gasteiger partial charge on any atom is -0.462 e. The first-order valence-electron chi connectivity index (χ1n) is 33.0. The number of carbonyl (C=O) groups excluding carboxylic acids is 3. The van der Waals surface area contributed by atoms with Gasteiger partial charge in [-0.05, 0) is 135 Å². The molecule has 6 heteroatoms. The Bertz CT molecular complexity index is 1810. The van der Waals surface area contributed by atoms with E-state index >= 15 is 0 Å². The third-order valence-corrected chi connectivity index (χ3v) is 13.5. The maximum atomic E-state index is 12.9. The second-order valence-electron chi connectivity index (χ2n) is 21.3. The Morgan fingerprint density at radius 3 is 0.815 bits per heavy atom. The summed E-state index contributed by atoms with van der Waals surface area (Å²) in [4.78, 5) is 38.4. The largest absolute Gasteiger partial charge is 0.462 e. The van der Waals surface area contributed by atoms with E-state index in [9.17, 15) is 14.4 Å². The molecule has 0 fully saturated rings. The number of ether oxygens (including phenoxy) is 3. The van der Waals surface area contributed by atoms with Crippen molar-refractivity contribution in [1.29, 1.82) is 0 Å². The minimum absolute atomic E-state index is 0.120. The first kappa shape index (κ1) is 76.0. The number of unbranched alkanes of at least 4 members (excludes halogenated alkanes) is 21. The van der Waals surface area contributed by atoms with Crippen LogP contribution in [0.3, 0.4) is 0 Å². The molecule has 0 radical (unpaired) electrons. The summed E-state index contributed by atoms with van der Waals surface area (Å²) >= 11 is 0. The van der Waals surface area contributed by atoms with E-state index in [0.29, 0.717) is 19.3 Å². The number of carbonyl (C=O) groups is 3. The smallest absolute Gasteiger partial charge is 0.306 e. The monoisotopic (exact) mass is 1120 g/mol. The van der Waals surface area contributed by atoms with Gasteiger partial charge in [0.2, 0.25) is 0 Å². The van der Waals surface area contributed by atoms with Crippen molar-refractivity contribution >= 4 is 17.9 Å². The van der Waals surface area contributed by atoms with Crippen molar-refractivity contribution in [2.45, 2.75) is 284 Å². The van der Waals surface area contributed by atoms with Crippen LogP contribution in [0.2, 0.25) is 0 Å². The van der Waals surface area contributed by atoms with Gasteiger partial charge in [-0.25, -0.2) is 0 Å². The predicted molar refractivity (Wildman–Crippen MR) is 352 cm³/mol. The van der Waals surface area contributed by atoms with Crippen LogP contribution < -0.4 is 0 Å². The van der Waals surface area contributed by atoms with Crippen molar-refractivity contribution in [1.82, 2.24) is 0 Å². The number of hydrogen-bond acceptors (Lipinski definition) is 6. The lowest BCUT2D eigenvalue weighted by Crippen LogP contribution is -2.30. The third-order valence-electron chi connectivity index (χ3n) is 13.5. The molecule has 0 amide bonds. The van der Waals surface area contributed by atoms with Gasteiger partial charge in [0.05, 0.1) is 0 Å². The zero-order valence-corrected chi connectivity index (χ0v) is 52.2. The van der Waals surface area contributed by atoms with E-state index in [4.69, 9.17) is 14.2 Å². The fourth-order valence-corrected chi connectivity index (χ4v) is 8.64. The maximum Gasteiger partial charge on any atom is 0.306 e. The number of allylic oxidation sites excluding steroid dienone is 26. The summed E-state index contributed by atoms with van der Waals surface area (Å²) in [6.45, 7) is 6.34. The highest BCUT2D eigenvalue weighted by Crippen LogP contribution is 2.15. The third kappa shape index (κ3) is 65.7. The summed E-state index contributed by atoms with van der Waals surface area (Å²) in [7, 11) is 0. The van der Waals surface area contributed by atoms with E-state index in [1.165, 1.54) is 103 Å². The second kappa shape index (κ2) is 67.5. The average Bonchev–Trinajstić information content (AvgIpc) is 3.47. The fraction of sp³-hybridized carbons (Fsp3) is 0.613. The van der Waals surface area contributed by atoms with E-state index in [1.807, 2.05) is 6.08 Å². The highest BCUT2D eigenvalue weighted by molar-refractivity contribution is 5.71. The van der Waals surface area contributed by atoms with Gasteiger partial charge >= 0.3 is 17.9 Å². The lowest BCUT2D eigenvalue weighted by Gasteiger charge is -2.18. The normalized spacial score (nSPS) is 13.2. The summed E-state index contributed by atoms with van der Waals surface area (Å²) in [5.74, 6) is -1.02. The van der Waals surface area contributed by atoms with Crippen molar-refractivity contribution < 1.29 is 28.6 Å². The van der Waals surface area contributed by atoms with Crippen LogP contribution in [0.4, 0.5) is 0 Å². The molecule has 1 atom stereocenters. The van der Waals surface area contributed by atoms with Gasteiger partial charge in [-0.3, -0.25) is 14.4 Å². The predicted octanol–water partition coefficient (Wildman–Crippen LogP) is 22.9. The average molecular weight is 1120 g/mol. The van der Waals surface area contributed by atoms with E-state index < -0.39 is 12.1 Å². The summed E-state index contributed by atoms with van der Waals surface area (Å²) in [5, 5.41) is 0. The lowest BCUT2D eigenvalue weighted by atomic mass is 10.1. The van der Waals surface area contributed by atoms with Gasteiger partial charge in [0.1, 0.15) is 13.2 Å². The van der Waals surface area contributed by atoms with E-state index in [-0.39, 0.29) is 31.6 Å².